The molecule has 1 amide bonds. The van der Waals surface area contributed by atoms with E-state index in [4.69, 9.17) is 18.0 Å². The van der Waals surface area contributed by atoms with E-state index in [1.54, 1.807) is 16.8 Å². The van der Waals surface area contributed by atoms with Crippen LogP contribution >= 0.6 is 23.6 Å². The first-order valence-electron chi connectivity index (χ1n) is 6.65. The van der Waals surface area contributed by atoms with Crippen molar-refractivity contribution in [3.63, 3.8) is 0 Å². The van der Waals surface area contributed by atoms with Gasteiger partial charge >= 0.3 is 0 Å². The number of hydrogen-bond acceptors (Lipinski definition) is 4. The first-order valence-corrected chi connectivity index (χ1v) is 8.00. The van der Waals surface area contributed by atoms with E-state index < -0.39 is 5.92 Å². The molecule has 0 aliphatic heterocycles. The number of rotatable bonds is 7. The van der Waals surface area contributed by atoms with Gasteiger partial charge in [-0.1, -0.05) is 42.5 Å². The highest BCUT2D eigenvalue weighted by atomic mass is 32.1. The summed E-state index contributed by atoms with van der Waals surface area (Å²) in [5, 5.41) is 4.85. The van der Waals surface area contributed by atoms with Gasteiger partial charge in [0.15, 0.2) is 0 Å². The number of nitrogens with zero attached hydrogens (tertiary/aromatic N) is 1. The number of thiocarbonyl (C=S) groups is 1. The van der Waals surface area contributed by atoms with Crippen LogP contribution in [0.2, 0.25) is 0 Å². The Kier molecular flexibility index (Phi) is 5.83. The van der Waals surface area contributed by atoms with Crippen LogP contribution in [0, 0.1) is 5.92 Å². The number of nitrogens with two attached hydrogens (primary N) is 1. The number of aromatic nitrogens is 1. The molecular weight excluding hydrogens is 302 g/mol. The molecule has 2 rings (SSSR count). The minimum absolute atomic E-state index is 0.124. The standard InChI is InChI=1S/C15H17N3OS2/c16-14(20)13(8-11-4-2-1-3-5-11)15(19)17-7-6-12-9-21-10-18-12/h1-5,9-10,13H,6-8H2,(H2,16,20)(H,17,19). The number of carbonyl (C=O) groups excluding carboxylic acids is 1. The van der Waals surface area contributed by atoms with Crippen LogP contribution in [0.3, 0.4) is 0 Å². The molecule has 6 heteroatoms. The Balaban J connectivity index is 1.88. The summed E-state index contributed by atoms with van der Waals surface area (Å²) in [6, 6.07) is 9.74. The molecule has 0 radical (unpaired) electrons. The maximum atomic E-state index is 12.2. The van der Waals surface area contributed by atoms with Crippen molar-refractivity contribution in [1.82, 2.24) is 10.3 Å². The van der Waals surface area contributed by atoms with Crippen molar-refractivity contribution >= 4 is 34.5 Å². The van der Waals surface area contributed by atoms with Crippen molar-refractivity contribution in [2.45, 2.75) is 12.8 Å². The number of hydrogen-bond donors (Lipinski definition) is 2. The lowest BCUT2D eigenvalue weighted by Crippen LogP contribution is -2.39. The molecule has 4 nitrogen and oxygen atoms in total. The fraction of sp³-hybridized carbons (Fsp3) is 0.267. The predicted octanol–water partition coefficient (Wildman–Crippen LogP) is 1.95. The van der Waals surface area contributed by atoms with Crippen molar-refractivity contribution in [2.75, 3.05) is 6.54 Å². The van der Waals surface area contributed by atoms with Crippen LogP contribution in [0.25, 0.3) is 0 Å². The Labute approximate surface area is 133 Å². The summed E-state index contributed by atoms with van der Waals surface area (Å²) in [7, 11) is 0. The largest absolute Gasteiger partial charge is 0.393 e. The van der Waals surface area contributed by atoms with Gasteiger partial charge in [-0.05, 0) is 12.0 Å². The minimum atomic E-state index is -0.474. The van der Waals surface area contributed by atoms with Crippen molar-refractivity contribution in [3.05, 3.63) is 52.5 Å². The molecule has 1 heterocycles. The molecule has 0 saturated carbocycles. The molecule has 1 unspecified atom stereocenters. The molecule has 3 N–H and O–H groups in total. The van der Waals surface area contributed by atoms with Crippen LogP contribution in [0.15, 0.2) is 41.2 Å². The normalized spacial score (nSPS) is 11.8. The molecule has 1 atom stereocenters. The SMILES string of the molecule is NC(=S)C(Cc1ccccc1)C(=O)NCCc1cscn1. The summed E-state index contributed by atoms with van der Waals surface area (Å²) in [5.41, 5.74) is 9.52. The van der Waals surface area contributed by atoms with Gasteiger partial charge in [0.1, 0.15) is 0 Å². The van der Waals surface area contributed by atoms with Crippen molar-refractivity contribution in [2.24, 2.45) is 11.7 Å². The zero-order valence-corrected chi connectivity index (χ0v) is 13.1. The topological polar surface area (TPSA) is 68.0 Å². The Bertz CT molecular complexity index is 584. The number of thiazole rings is 1. The number of amides is 1. The molecule has 0 saturated heterocycles. The Morgan fingerprint density at radius 2 is 2.14 bits per heavy atom. The van der Waals surface area contributed by atoms with Crippen LogP contribution in [-0.2, 0) is 17.6 Å². The van der Waals surface area contributed by atoms with Crippen molar-refractivity contribution in [3.8, 4) is 0 Å². The monoisotopic (exact) mass is 319 g/mol. The quantitative estimate of drug-likeness (QED) is 0.766. The van der Waals surface area contributed by atoms with Gasteiger partial charge in [0, 0.05) is 18.3 Å². The van der Waals surface area contributed by atoms with Gasteiger partial charge in [0.2, 0.25) is 5.91 Å². The molecule has 110 valence electrons. The Hall–Kier alpha value is -1.79. The lowest BCUT2D eigenvalue weighted by atomic mass is 9.98. The van der Waals surface area contributed by atoms with Gasteiger partial charge in [0.05, 0.1) is 22.1 Å². The van der Waals surface area contributed by atoms with E-state index in [2.05, 4.69) is 10.3 Å². The number of nitrogens with one attached hydrogen (secondary N) is 1. The third kappa shape index (κ3) is 4.91. The maximum absolute atomic E-state index is 12.2. The maximum Gasteiger partial charge on any atom is 0.230 e. The highest BCUT2D eigenvalue weighted by Gasteiger charge is 2.21. The average molecular weight is 319 g/mol. The van der Waals surface area contributed by atoms with Crippen LogP contribution in [-0.4, -0.2) is 22.4 Å². The van der Waals surface area contributed by atoms with E-state index in [9.17, 15) is 4.79 Å². The second-order valence-electron chi connectivity index (χ2n) is 4.67. The predicted molar refractivity (Wildman–Crippen MR) is 89.2 cm³/mol. The van der Waals surface area contributed by atoms with Crippen LogP contribution < -0.4 is 11.1 Å². The molecule has 1 aromatic carbocycles. The van der Waals surface area contributed by atoms with E-state index >= 15 is 0 Å². The van der Waals surface area contributed by atoms with Gasteiger partial charge < -0.3 is 11.1 Å². The molecular formula is C15H17N3OS2. The van der Waals surface area contributed by atoms with Crippen LogP contribution in [0.5, 0.6) is 0 Å². The van der Waals surface area contributed by atoms with Gasteiger partial charge in [-0.25, -0.2) is 4.98 Å². The third-order valence-corrected chi connectivity index (χ3v) is 4.03. The number of carbonyl (C=O) groups is 1. The van der Waals surface area contributed by atoms with Crippen LogP contribution in [0.4, 0.5) is 0 Å². The van der Waals surface area contributed by atoms with E-state index in [-0.39, 0.29) is 10.9 Å². The van der Waals surface area contributed by atoms with Gasteiger partial charge in [-0.3, -0.25) is 4.79 Å². The van der Waals surface area contributed by atoms with E-state index in [0.29, 0.717) is 19.4 Å². The first-order chi connectivity index (χ1) is 10.2. The van der Waals surface area contributed by atoms with Crippen molar-refractivity contribution in [1.29, 1.82) is 0 Å². The molecule has 0 aliphatic rings. The summed E-state index contributed by atoms with van der Waals surface area (Å²) < 4.78 is 0. The second kappa shape index (κ2) is 7.85. The zero-order valence-electron chi connectivity index (χ0n) is 11.5. The minimum Gasteiger partial charge on any atom is -0.393 e. The molecule has 21 heavy (non-hydrogen) atoms. The summed E-state index contributed by atoms with van der Waals surface area (Å²) in [5.74, 6) is -0.598. The smallest absolute Gasteiger partial charge is 0.230 e. The summed E-state index contributed by atoms with van der Waals surface area (Å²) in [6.45, 7) is 0.538. The first kappa shape index (κ1) is 15.6. The third-order valence-electron chi connectivity index (χ3n) is 3.11. The fourth-order valence-electron chi connectivity index (χ4n) is 1.97. The molecule has 2 aromatic rings. The lowest BCUT2D eigenvalue weighted by molar-refractivity contribution is -0.122. The zero-order chi connectivity index (χ0) is 15.1. The lowest BCUT2D eigenvalue weighted by Gasteiger charge is -2.15. The Morgan fingerprint density at radius 3 is 2.76 bits per heavy atom. The second-order valence-corrected chi connectivity index (χ2v) is 5.86. The number of benzene rings is 1. The van der Waals surface area contributed by atoms with Gasteiger partial charge in [-0.15, -0.1) is 11.3 Å². The highest BCUT2D eigenvalue weighted by molar-refractivity contribution is 7.80. The molecule has 0 fully saturated rings. The van der Waals surface area contributed by atoms with E-state index in [1.165, 1.54) is 0 Å². The molecule has 0 bridgehead atoms. The van der Waals surface area contributed by atoms with Crippen LogP contribution in [0.1, 0.15) is 11.3 Å². The van der Waals surface area contributed by atoms with E-state index in [1.807, 2.05) is 35.7 Å². The summed E-state index contributed by atoms with van der Waals surface area (Å²) >= 11 is 6.58. The van der Waals surface area contributed by atoms with Gasteiger partial charge in [0.25, 0.3) is 0 Å². The molecule has 1 aromatic heterocycles. The Morgan fingerprint density at radius 1 is 1.38 bits per heavy atom. The summed E-state index contributed by atoms with van der Waals surface area (Å²) in [4.78, 5) is 16.6. The average Bonchev–Trinajstić information content (AvgIpc) is 2.98. The summed E-state index contributed by atoms with van der Waals surface area (Å²) in [6.07, 6.45) is 1.24. The van der Waals surface area contributed by atoms with Gasteiger partial charge in [-0.2, -0.15) is 0 Å². The highest BCUT2D eigenvalue weighted by Crippen LogP contribution is 2.10. The molecule has 0 aliphatic carbocycles. The van der Waals surface area contributed by atoms with E-state index in [0.717, 1.165) is 11.3 Å². The molecule has 0 spiro atoms. The van der Waals surface area contributed by atoms with Crippen molar-refractivity contribution < 1.29 is 4.79 Å². The fourth-order valence-corrected chi connectivity index (χ4v) is 2.75.